The Hall–Kier alpha value is -0.860. The second kappa shape index (κ2) is 4.07. The SMILES string of the molecule is CC(C)(C)N1CC2(CN(Cc3ccccc3)C2)C1. The van der Waals surface area contributed by atoms with Crippen molar-refractivity contribution < 1.29 is 0 Å². The molecule has 2 heterocycles. The molecule has 2 saturated heterocycles. The Labute approximate surface area is 111 Å². The first-order valence-electron chi connectivity index (χ1n) is 6.98. The third-order valence-electron chi connectivity index (χ3n) is 4.37. The van der Waals surface area contributed by atoms with Gasteiger partial charge in [0.15, 0.2) is 0 Å². The summed E-state index contributed by atoms with van der Waals surface area (Å²) >= 11 is 0. The quantitative estimate of drug-likeness (QED) is 0.789. The van der Waals surface area contributed by atoms with E-state index in [1.165, 1.54) is 31.7 Å². The van der Waals surface area contributed by atoms with E-state index in [9.17, 15) is 0 Å². The van der Waals surface area contributed by atoms with Gasteiger partial charge in [0.05, 0.1) is 0 Å². The number of hydrogen-bond acceptors (Lipinski definition) is 2. The first-order valence-corrected chi connectivity index (χ1v) is 6.98. The largest absolute Gasteiger partial charge is 0.298 e. The van der Waals surface area contributed by atoms with E-state index in [4.69, 9.17) is 0 Å². The van der Waals surface area contributed by atoms with Crippen LogP contribution in [0.25, 0.3) is 0 Å². The van der Waals surface area contributed by atoms with E-state index >= 15 is 0 Å². The molecule has 2 aliphatic heterocycles. The van der Waals surface area contributed by atoms with Crippen molar-refractivity contribution in [2.45, 2.75) is 32.9 Å². The summed E-state index contributed by atoms with van der Waals surface area (Å²) < 4.78 is 0. The van der Waals surface area contributed by atoms with E-state index in [2.05, 4.69) is 60.9 Å². The predicted octanol–water partition coefficient (Wildman–Crippen LogP) is 2.60. The molecule has 0 N–H and O–H groups in total. The molecule has 0 unspecified atom stereocenters. The Morgan fingerprint density at radius 3 is 2.17 bits per heavy atom. The van der Waals surface area contributed by atoms with Gasteiger partial charge < -0.3 is 0 Å². The highest BCUT2D eigenvalue weighted by atomic mass is 15.3. The van der Waals surface area contributed by atoms with Crippen LogP contribution in [0.15, 0.2) is 30.3 Å². The molecule has 18 heavy (non-hydrogen) atoms. The lowest BCUT2D eigenvalue weighted by molar-refractivity contribution is -0.147. The minimum atomic E-state index is 0.352. The molecule has 0 saturated carbocycles. The fourth-order valence-corrected chi connectivity index (χ4v) is 3.29. The monoisotopic (exact) mass is 244 g/mol. The van der Waals surface area contributed by atoms with Crippen molar-refractivity contribution in [3.8, 4) is 0 Å². The van der Waals surface area contributed by atoms with E-state index in [-0.39, 0.29) is 0 Å². The third-order valence-corrected chi connectivity index (χ3v) is 4.37. The molecule has 0 amide bonds. The maximum absolute atomic E-state index is 2.60. The van der Waals surface area contributed by atoms with Crippen LogP contribution in [-0.4, -0.2) is 41.5 Å². The van der Waals surface area contributed by atoms with E-state index in [1.807, 2.05) is 0 Å². The van der Waals surface area contributed by atoms with Crippen LogP contribution in [0.5, 0.6) is 0 Å². The van der Waals surface area contributed by atoms with Crippen LogP contribution < -0.4 is 0 Å². The van der Waals surface area contributed by atoms with Crippen LogP contribution in [0.2, 0.25) is 0 Å². The van der Waals surface area contributed by atoms with Gasteiger partial charge in [0.2, 0.25) is 0 Å². The molecule has 0 aromatic heterocycles. The van der Waals surface area contributed by atoms with Crippen LogP contribution in [0.3, 0.4) is 0 Å². The van der Waals surface area contributed by atoms with Crippen molar-refractivity contribution in [3.63, 3.8) is 0 Å². The van der Waals surface area contributed by atoms with Crippen molar-refractivity contribution in [2.75, 3.05) is 26.2 Å². The van der Waals surface area contributed by atoms with E-state index < -0.39 is 0 Å². The molecule has 2 fully saturated rings. The third kappa shape index (κ3) is 2.19. The lowest BCUT2D eigenvalue weighted by Gasteiger charge is -2.63. The van der Waals surface area contributed by atoms with Crippen LogP contribution in [0, 0.1) is 5.41 Å². The Kier molecular flexibility index (Phi) is 2.76. The zero-order chi connectivity index (χ0) is 12.8. The fraction of sp³-hybridized carbons (Fsp3) is 0.625. The minimum absolute atomic E-state index is 0.352. The molecule has 1 spiro atoms. The number of rotatable bonds is 2. The standard InChI is InChI=1S/C16H24N2/c1-15(2,3)18-12-16(13-18)10-17(11-16)9-14-7-5-4-6-8-14/h4-8H,9-13H2,1-3H3. The van der Waals surface area contributed by atoms with Gasteiger partial charge >= 0.3 is 0 Å². The van der Waals surface area contributed by atoms with Crippen molar-refractivity contribution in [3.05, 3.63) is 35.9 Å². The van der Waals surface area contributed by atoms with Crippen LogP contribution >= 0.6 is 0 Å². The van der Waals surface area contributed by atoms with Gasteiger partial charge in [-0.15, -0.1) is 0 Å². The Balaban J connectivity index is 1.48. The first-order chi connectivity index (χ1) is 8.47. The van der Waals surface area contributed by atoms with Crippen LogP contribution in [0.4, 0.5) is 0 Å². The van der Waals surface area contributed by atoms with Gasteiger partial charge in [0, 0.05) is 43.7 Å². The summed E-state index contributed by atoms with van der Waals surface area (Å²) in [5.41, 5.74) is 2.42. The zero-order valence-corrected chi connectivity index (χ0v) is 11.8. The number of likely N-dealkylation sites (tertiary alicyclic amines) is 2. The average molecular weight is 244 g/mol. The second-order valence-corrected chi connectivity index (χ2v) is 7.16. The molecule has 1 aromatic carbocycles. The first kappa shape index (κ1) is 12.2. The van der Waals surface area contributed by atoms with Gasteiger partial charge in [-0.3, -0.25) is 9.80 Å². The Bertz CT molecular complexity index is 404. The molecule has 3 rings (SSSR count). The fourth-order valence-electron chi connectivity index (χ4n) is 3.29. The molecule has 2 heteroatoms. The highest BCUT2D eigenvalue weighted by Gasteiger charge is 2.53. The lowest BCUT2D eigenvalue weighted by atomic mass is 9.71. The molecular weight excluding hydrogens is 220 g/mol. The van der Waals surface area contributed by atoms with Gasteiger partial charge in [0.25, 0.3) is 0 Å². The molecule has 1 aromatic rings. The lowest BCUT2D eigenvalue weighted by Crippen LogP contribution is -2.74. The highest BCUT2D eigenvalue weighted by Crippen LogP contribution is 2.43. The molecule has 0 atom stereocenters. The van der Waals surface area contributed by atoms with Crippen molar-refractivity contribution >= 4 is 0 Å². The number of hydrogen-bond donors (Lipinski definition) is 0. The molecule has 0 bridgehead atoms. The molecular formula is C16H24N2. The van der Waals surface area contributed by atoms with E-state index in [1.54, 1.807) is 0 Å². The topological polar surface area (TPSA) is 6.48 Å². The number of benzene rings is 1. The highest BCUT2D eigenvalue weighted by molar-refractivity contribution is 5.16. The summed E-state index contributed by atoms with van der Waals surface area (Å²) in [6.07, 6.45) is 0. The minimum Gasteiger partial charge on any atom is -0.298 e. The van der Waals surface area contributed by atoms with Gasteiger partial charge in [-0.1, -0.05) is 30.3 Å². The predicted molar refractivity (Wildman–Crippen MR) is 75.5 cm³/mol. The summed E-state index contributed by atoms with van der Waals surface area (Å²) in [5.74, 6) is 0. The maximum atomic E-state index is 2.60. The molecule has 2 aliphatic rings. The normalized spacial score (nSPS) is 23.7. The summed E-state index contributed by atoms with van der Waals surface area (Å²) in [6.45, 7) is 13.2. The Morgan fingerprint density at radius 1 is 1.00 bits per heavy atom. The smallest absolute Gasteiger partial charge is 0.0234 e. The zero-order valence-electron chi connectivity index (χ0n) is 11.8. The van der Waals surface area contributed by atoms with Crippen molar-refractivity contribution in [2.24, 2.45) is 5.41 Å². The maximum Gasteiger partial charge on any atom is 0.0234 e. The molecule has 0 aliphatic carbocycles. The van der Waals surface area contributed by atoms with Crippen LogP contribution in [0.1, 0.15) is 26.3 Å². The molecule has 98 valence electrons. The summed E-state index contributed by atoms with van der Waals surface area (Å²) in [6, 6.07) is 10.8. The second-order valence-electron chi connectivity index (χ2n) is 7.16. The van der Waals surface area contributed by atoms with Gasteiger partial charge in [-0.2, -0.15) is 0 Å². The average Bonchev–Trinajstić information content (AvgIpc) is 2.19. The van der Waals surface area contributed by atoms with Gasteiger partial charge in [-0.05, 0) is 26.3 Å². The van der Waals surface area contributed by atoms with Crippen molar-refractivity contribution in [1.29, 1.82) is 0 Å². The summed E-state index contributed by atoms with van der Waals surface area (Å²) in [5, 5.41) is 0. The van der Waals surface area contributed by atoms with E-state index in [0.717, 1.165) is 6.54 Å². The van der Waals surface area contributed by atoms with E-state index in [0.29, 0.717) is 11.0 Å². The van der Waals surface area contributed by atoms with Gasteiger partial charge in [0.1, 0.15) is 0 Å². The summed E-state index contributed by atoms with van der Waals surface area (Å²) in [4.78, 5) is 5.18. The number of nitrogens with zero attached hydrogens (tertiary/aromatic N) is 2. The van der Waals surface area contributed by atoms with Crippen molar-refractivity contribution in [1.82, 2.24) is 9.80 Å². The van der Waals surface area contributed by atoms with Crippen LogP contribution in [-0.2, 0) is 6.54 Å². The van der Waals surface area contributed by atoms with Gasteiger partial charge in [-0.25, -0.2) is 0 Å². The summed E-state index contributed by atoms with van der Waals surface area (Å²) in [7, 11) is 0. The Morgan fingerprint density at radius 2 is 1.61 bits per heavy atom. The molecule has 0 radical (unpaired) electrons. The molecule has 2 nitrogen and oxygen atoms in total.